The number of hydrogen-bond donors (Lipinski definition) is 1. The molecule has 1 aromatic heterocycles. The van der Waals surface area contributed by atoms with Crippen LogP contribution in [0.25, 0.3) is 0 Å². The molecular formula is C12H19Br2NS. The third kappa shape index (κ3) is 3.56. The molecule has 1 N–H and O–H groups in total. The van der Waals surface area contributed by atoms with Crippen LogP contribution in [0.3, 0.4) is 0 Å². The Morgan fingerprint density at radius 2 is 1.88 bits per heavy atom. The summed E-state index contributed by atoms with van der Waals surface area (Å²) in [6.07, 6.45) is 2.45. The van der Waals surface area contributed by atoms with Gasteiger partial charge in [-0.05, 0) is 50.4 Å². The SMILES string of the molecule is CCNC(c1cc(Br)c(Br)s1)C(CC)CC. The van der Waals surface area contributed by atoms with Crippen molar-refractivity contribution in [3.8, 4) is 0 Å². The van der Waals surface area contributed by atoms with Crippen molar-refractivity contribution in [2.75, 3.05) is 6.54 Å². The van der Waals surface area contributed by atoms with E-state index in [9.17, 15) is 0 Å². The normalized spacial score (nSPS) is 13.4. The summed E-state index contributed by atoms with van der Waals surface area (Å²) >= 11 is 8.97. The molecule has 0 aliphatic carbocycles. The molecule has 0 amide bonds. The molecule has 1 heterocycles. The van der Waals surface area contributed by atoms with Crippen LogP contribution >= 0.6 is 43.2 Å². The monoisotopic (exact) mass is 367 g/mol. The minimum Gasteiger partial charge on any atom is -0.309 e. The van der Waals surface area contributed by atoms with Crippen molar-refractivity contribution in [3.63, 3.8) is 0 Å². The second-order valence-electron chi connectivity index (χ2n) is 3.88. The molecule has 1 rings (SSSR count). The predicted molar refractivity (Wildman–Crippen MR) is 80.2 cm³/mol. The summed E-state index contributed by atoms with van der Waals surface area (Å²) in [6, 6.07) is 2.73. The average Bonchev–Trinajstić information content (AvgIpc) is 2.59. The van der Waals surface area contributed by atoms with Crippen LogP contribution < -0.4 is 5.32 Å². The summed E-state index contributed by atoms with van der Waals surface area (Å²) in [5.41, 5.74) is 0. The van der Waals surface area contributed by atoms with Gasteiger partial charge in [0.1, 0.15) is 0 Å². The van der Waals surface area contributed by atoms with E-state index in [1.54, 1.807) is 0 Å². The van der Waals surface area contributed by atoms with Crippen molar-refractivity contribution in [3.05, 3.63) is 19.2 Å². The van der Waals surface area contributed by atoms with E-state index in [1.165, 1.54) is 26.0 Å². The molecular weight excluding hydrogens is 350 g/mol. The van der Waals surface area contributed by atoms with Crippen LogP contribution in [0.15, 0.2) is 14.3 Å². The molecule has 0 aromatic carbocycles. The van der Waals surface area contributed by atoms with E-state index in [0.717, 1.165) is 12.5 Å². The summed E-state index contributed by atoms with van der Waals surface area (Å²) in [5, 5.41) is 3.61. The Kier molecular flexibility index (Phi) is 6.55. The van der Waals surface area contributed by atoms with Gasteiger partial charge in [-0.2, -0.15) is 0 Å². The van der Waals surface area contributed by atoms with E-state index in [4.69, 9.17) is 0 Å². The third-order valence-electron chi connectivity index (χ3n) is 2.91. The van der Waals surface area contributed by atoms with Gasteiger partial charge in [0.25, 0.3) is 0 Å². The zero-order valence-electron chi connectivity index (χ0n) is 10.0. The first-order valence-corrected chi connectivity index (χ1v) is 8.22. The number of halogens is 2. The zero-order chi connectivity index (χ0) is 12.1. The Bertz CT molecular complexity index is 301. The van der Waals surface area contributed by atoms with Crippen LogP contribution in [0, 0.1) is 5.92 Å². The van der Waals surface area contributed by atoms with Gasteiger partial charge in [0, 0.05) is 15.4 Å². The van der Waals surface area contributed by atoms with Crippen LogP contribution in [0.4, 0.5) is 0 Å². The Balaban J connectivity index is 2.91. The molecule has 1 unspecified atom stereocenters. The fraction of sp³-hybridized carbons (Fsp3) is 0.667. The predicted octanol–water partition coefficient (Wildman–Crippen LogP) is 5.36. The molecule has 0 aliphatic rings. The quantitative estimate of drug-likeness (QED) is 0.712. The van der Waals surface area contributed by atoms with Crippen LogP contribution in [0.5, 0.6) is 0 Å². The standard InChI is InChI=1S/C12H19Br2NS/c1-4-8(5-2)11(15-6-3)10-7-9(13)12(14)16-10/h7-8,11,15H,4-6H2,1-3H3. The molecule has 0 spiro atoms. The molecule has 0 bridgehead atoms. The fourth-order valence-corrected chi connectivity index (χ4v) is 4.26. The number of rotatable bonds is 6. The van der Waals surface area contributed by atoms with Crippen molar-refractivity contribution in [2.24, 2.45) is 5.92 Å². The van der Waals surface area contributed by atoms with Gasteiger partial charge in [-0.3, -0.25) is 0 Å². The molecule has 16 heavy (non-hydrogen) atoms. The molecule has 1 aromatic rings. The maximum absolute atomic E-state index is 3.61. The fourth-order valence-electron chi connectivity index (χ4n) is 2.00. The number of nitrogens with one attached hydrogen (secondary N) is 1. The highest BCUT2D eigenvalue weighted by atomic mass is 79.9. The molecule has 92 valence electrons. The summed E-state index contributed by atoms with van der Waals surface area (Å²) in [6.45, 7) is 7.74. The van der Waals surface area contributed by atoms with Gasteiger partial charge in [0.05, 0.1) is 3.79 Å². The largest absolute Gasteiger partial charge is 0.309 e. The minimum atomic E-state index is 0.493. The number of hydrogen-bond acceptors (Lipinski definition) is 2. The molecule has 0 saturated heterocycles. The van der Waals surface area contributed by atoms with E-state index in [-0.39, 0.29) is 0 Å². The van der Waals surface area contributed by atoms with Crippen LogP contribution in [-0.4, -0.2) is 6.54 Å². The Morgan fingerprint density at radius 1 is 1.25 bits per heavy atom. The van der Waals surface area contributed by atoms with Crippen molar-refractivity contribution in [1.82, 2.24) is 5.32 Å². The summed E-state index contributed by atoms with van der Waals surface area (Å²) < 4.78 is 2.36. The lowest BCUT2D eigenvalue weighted by molar-refractivity contribution is 0.351. The van der Waals surface area contributed by atoms with Crippen molar-refractivity contribution >= 4 is 43.2 Å². The lowest BCUT2D eigenvalue weighted by atomic mass is 9.93. The topological polar surface area (TPSA) is 12.0 Å². The zero-order valence-corrected chi connectivity index (χ0v) is 14.0. The van der Waals surface area contributed by atoms with Crippen LogP contribution in [0.1, 0.15) is 44.5 Å². The average molecular weight is 369 g/mol. The summed E-state index contributed by atoms with van der Waals surface area (Å²) in [5.74, 6) is 0.720. The Morgan fingerprint density at radius 3 is 2.25 bits per heavy atom. The first-order valence-electron chi connectivity index (χ1n) is 5.82. The Hall–Kier alpha value is 0.620. The van der Waals surface area contributed by atoms with Crippen LogP contribution in [-0.2, 0) is 0 Å². The van der Waals surface area contributed by atoms with Gasteiger partial charge in [0.15, 0.2) is 0 Å². The van der Waals surface area contributed by atoms with Crippen molar-refractivity contribution < 1.29 is 0 Å². The van der Waals surface area contributed by atoms with Gasteiger partial charge in [-0.25, -0.2) is 0 Å². The lowest BCUT2D eigenvalue weighted by Crippen LogP contribution is -2.26. The molecule has 1 nitrogen and oxygen atoms in total. The van der Waals surface area contributed by atoms with Gasteiger partial charge < -0.3 is 5.32 Å². The Labute approximate surface area is 119 Å². The third-order valence-corrected chi connectivity index (χ3v) is 6.25. The van der Waals surface area contributed by atoms with Gasteiger partial charge in [0.2, 0.25) is 0 Å². The van der Waals surface area contributed by atoms with E-state index >= 15 is 0 Å². The summed E-state index contributed by atoms with van der Waals surface area (Å²) in [7, 11) is 0. The summed E-state index contributed by atoms with van der Waals surface area (Å²) in [4.78, 5) is 1.43. The van der Waals surface area contributed by atoms with Gasteiger partial charge in [-0.1, -0.05) is 33.6 Å². The maximum atomic E-state index is 3.61. The molecule has 4 heteroatoms. The van der Waals surface area contributed by atoms with Gasteiger partial charge >= 0.3 is 0 Å². The highest BCUT2D eigenvalue weighted by Crippen LogP contribution is 2.39. The molecule has 0 fully saturated rings. The van der Waals surface area contributed by atoms with Crippen molar-refractivity contribution in [2.45, 2.75) is 39.7 Å². The van der Waals surface area contributed by atoms with Gasteiger partial charge in [-0.15, -0.1) is 11.3 Å². The highest BCUT2D eigenvalue weighted by molar-refractivity contribution is 9.13. The minimum absolute atomic E-state index is 0.493. The van der Waals surface area contributed by atoms with Crippen molar-refractivity contribution in [1.29, 1.82) is 0 Å². The second kappa shape index (κ2) is 7.14. The highest BCUT2D eigenvalue weighted by Gasteiger charge is 2.22. The van der Waals surface area contributed by atoms with E-state index in [1.807, 2.05) is 11.3 Å². The molecule has 0 radical (unpaired) electrons. The van der Waals surface area contributed by atoms with E-state index < -0.39 is 0 Å². The molecule has 1 atom stereocenters. The van der Waals surface area contributed by atoms with E-state index in [0.29, 0.717) is 6.04 Å². The second-order valence-corrected chi connectivity index (χ2v) is 7.14. The number of thiophene rings is 1. The van der Waals surface area contributed by atoms with Crippen LogP contribution in [0.2, 0.25) is 0 Å². The van der Waals surface area contributed by atoms with E-state index in [2.05, 4.69) is 64.0 Å². The molecule has 0 saturated carbocycles. The first-order chi connectivity index (χ1) is 7.63. The first kappa shape index (κ1) is 14.7. The lowest BCUT2D eigenvalue weighted by Gasteiger charge is -2.25. The smallest absolute Gasteiger partial charge is 0.0843 e. The maximum Gasteiger partial charge on any atom is 0.0843 e. The molecule has 0 aliphatic heterocycles.